The molecule has 0 amide bonds. The van der Waals surface area contributed by atoms with Crippen molar-refractivity contribution in [1.29, 1.82) is 0 Å². The zero-order chi connectivity index (χ0) is 22.5. The van der Waals surface area contributed by atoms with E-state index in [-0.39, 0.29) is 35.1 Å². The molecule has 0 bridgehead atoms. The second-order valence-corrected chi connectivity index (χ2v) is 15.1. The highest BCUT2D eigenvalue weighted by Gasteiger charge is 2.66. The van der Waals surface area contributed by atoms with Gasteiger partial charge in [0.25, 0.3) is 5.56 Å². The minimum absolute atomic E-state index is 0.00481. The maximum absolute atomic E-state index is 12.5. The molecule has 1 spiro atoms. The van der Waals surface area contributed by atoms with Gasteiger partial charge in [0.2, 0.25) is 0 Å². The number of esters is 1. The van der Waals surface area contributed by atoms with Crippen LogP contribution >= 0.6 is 0 Å². The normalized spacial score (nSPS) is 25.7. The maximum Gasteiger partial charge on any atom is 0.330 e. The second-order valence-electron chi connectivity index (χ2n) is 10.4. The topological polar surface area (TPSA) is 99.6 Å². The fourth-order valence-electron chi connectivity index (χ4n) is 3.66. The highest BCUT2D eigenvalue weighted by Crippen LogP contribution is 2.64. The van der Waals surface area contributed by atoms with Crippen molar-refractivity contribution in [1.82, 2.24) is 9.55 Å². The molecule has 0 unspecified atom stereocenters. The van der Waals surface area contributed by atoms with E-state index in [2.05, 4.69) is 38.8 Å². The molecule has 9 heteroatoms. The maximum atomic E-state index is 12.5. The summed E-state index contributed by atoms with van der Waals surface area (Å²) in [6.07, 6.45) is 1.82. The minimum Gasteiger partial charge on any atom is -0.463 e. The van der Waals surface area contributed by atoms with Crippen molar-refractivity contribution in [2.75, 3.05) is 6.61 Å². The van der Waals surface area contributed by atoms with Crippen LogP contribution in [0.3, 0.4) is 0 Å². The molecule has 2 heterocycles. The van der Waals surface area contributed by atoms with Gasteiger partial charge in [-0.15, -0.1) is 0 Å². The van der Waals surface area contributed by atoms with Crippen molar-refractivity contribution in [3.8, 4) is 0 Å². The van der Waals surface area contributed by atoms with E-state index in [0.29, 0.717) is 0 Å². The Bertz CT molecular complexity index is 909. The predicted molar refractivity (Wildman–Crippen MR) is 115 cm³/mol. The largest absolute Gasteiger partial charge is 0.463 e. The van der Waals surface area contributed by atoms with Gasteiger partial charge >= 0.3 is 11.7 Å². The number of hydrogen-bond acceptors (Lipinski definition) is 6. The molecule has 30 heavy (non-hydrogen) atoms. The van der Waals surface area contributed by atoms with Crippen molar-refractivity contribution >= 4 is 14.3 Å². The molecule has 1 saturated heterocycles. The van der Waals surface area contributed by atoms with Crippen LogP contribution in [0.25, 0.3) is 0 Å². The third-order valence-corrected chi connectivity index (χ3v) is 11.2. The summed E-state index contributed by atoms with van der Waals surface area (Å²) < 4.78 is 20.0. The molecule has 1 aliphatic heterocycles. The van der Waals surface area contributed by atoms with E-state index >= 15 is 0 Å². The minimum atomic E-state index is -2.16. The van der Waals surface area contributed by atoms with Crippen LogP contribution in [-0.4, -0.2) is 42.7 Å². The Morgan fingerprint density at radius 2 is 1.97 bits per heavy atom. The summed E-state index contributed by atoms with van der Waals surface area (Å²) in [7, 11) is -2.16. The summed E-state index contributed by atoms with van der Waals surface area (Å²) >= 11 is 0. The van der Waals surface area contributed by atoms with Gasteiger partial charge in [-0.3, -0.25) is 19.1 Å². The third-order valence-electron chi connectivity index (χ3n) is 6.72. The summed E-state index contributed by atoms with van der Waals surface area (Å²) in [5.41, 5.74) is -1.33. The van der Waals surface area contributed by atoms with E-state index in [1.165, 1.54) is 16.8 Å². The lowest BCUT2D eigenvalue weighted by Gasteiger charge is -2.41. The van der Waals surface area contributed by atoms with Crippen LogP contribution in [0.15, 0.2) is 21.9 Å². The number of carbonyl (C=O) groups is 1. The number of ether oxygens (including phenoxy) is 2. The van der Waals surface area contributed by atoms with Crippen molar-refractivity contribution in [3.05, 3.63) is 33.1 Å². The van der Waals surface area contributed by atoms with E-state index in [4.69, 9.17) is 13.9 Å². The molecule has 168 valence electrons. The molecule has 2 fully saturated rings. The molecule has 1 N–H and O–H groups in total. The number of nitrogens with zero attached hydrogens (tertiary/aromatic N) is 1. The van der Waals surface area contributed by atoms with Gasteiger partial charge in [-0.1, -0.05) is 34.6 Å². The first-order chi connectivity index (χ1) is 13.8. The molecule has 0 radical (unpaired) electrons. The number of nitrogens with one attached hydrogen (secondary N) is 1. The number of aromatic amines is 1. The first kappa shape index (κ1) is 23.0. The number of aromatic nitrogens is 2. The molecule has 2 aliphatic rings. The zero-order valence-electron chi connectivity index (χ0n) is 19.0. The molecule has 1 aliphatic carbocycles. The van der Waals surface area contributed by atoms with E-state index in [0.717, 1.165) is 12.8 Å². The van der Waals surface area contributed by atoms with Crippen molar-refractivity contribution < 1.29 is 18.7 Å². The molecule has 1 aromatic rings. The van der Waals surface area contributed by atoms with Gasteiger partial charge in [0.05, 0.1) is 12.0 Å². The van der Waals surface area contributed by atoms with Gasteiger partial charge in [-0.2, -0.15) is 0 Å². The van der Waals surface area contributed by atoms with Crippen LogP contribution in [0.4, 0.5) is 0 Å². The van der Waals surface area contributed by atoms with Crippen molar-refractivity contribution in [2.45, 2.75) is 84.0 Å². The van der Waals surface area contributed by atoms with Gasteiger partial charge in [-0.05, 0) is 31.0 Å². The Hall–Kier alpha value is -1.71. The van der Waals surface area contributed by atoms with E-state index in [1.54, 1.807) is 13.8 Å². The van der Waals surface area contributed by atoms with E-state index in [9.17, 15) is 14.4 Å². The molecule has 3 rings (SSSR count). The summed E-state index contributed by atoms with van der Waals surface area (Å²) in [6.45, 7) is 14.5. The lowest BCUT2D eigenvalue weighted by Crippen LogP contribution is -2.49. The Balaban J connectivity index is 1.94. The summed E-state index contributed by atoms with van der Waals surface area (Å²) in [5, 5.41) is -0.00481. The van der Waals surface area contributed by atoms with E-state index in [1.807, 2.05) is 0 Å². The average Bonchev–Trinajstić information content (AvgIpc) is 3.35. The van der Waals surface area contributed by atoms with Crippen LogP contribution in [0.2, 0.25) is 18.1 Å². The Morgan fingerprint density at radius 3 is 2.47 bits per heavy atom. The van der Waals surface area contributed by atoms with Crippen LogP contribution in [-0.2, 0) is 18.7 Å². The van der Waals surface area contributed by atoms with Crippen LogP contribution < -0.4 is 11.2 Å². The zero-order valence-corrected chi connectivity index (χ0v) is 20.0. The number of H-pyrrole nitrogens is 1. The molecule has 3 atom stereocenters. The number of hydrogen-bond donors (Lipinski definition) is 1. The van der Waals surface area contributed by atoms with Crippen LogP contribution in [0.1, 0.15) is 53.7 Å². The number of carbonyl (C=O) groups excluding carboxylic acids is 1. The molecular formula is C21H34N2O6Si. The lowest BCUT2D eigenvalue weighted by atomic mass is 9.96. The average molecular weight is 439 g/mol. The molecule has 0 aromatic carbocycles. The Kier molecular flexibility index (Phi) is 5.94. The van der Waals surface area contributed by atoms with Gasteiger partial charge in [0.15, 0.2) is 8.32 Å². The van der Waals surface area contributed by atoms with Gasteiger partial charge in [0.1, 0.15) is 18.9 Å². The van der Waals surface area contributed by atoms with Crippen molar-refractivity contribution in [3.63, 3.8) is 0 Å². The molecular weight excluding hydrogens is 404 g/mol. The molecule has 1 aromatic heterocycles. The first-order valence-corrected chi connectivity index (χ1v) is 13.5. The standard InChI is InChI=1S/C21H34N2O6Si/c1-13(2)17(25)27-12-14-16(29-30(6,7)20(3,4)5)21(9-10-21)18(28-14)23-11-8-15(24)22-19(23)26/h8,11,13-14,16,18H,9-10,12H2,1-7H3,(H,22,24,26)/t14-,16-,18-/m1/s1. The van der Waals surface area contributed by atoms with Crippen LogP contribution in [0, 0.1) is 11.3 Å². The van der Waals surface area contributed by atoms with Gasteiger partial charge in [-0.25, -0.2) is 4.79 Å². The lowest BCUT2D eigenvalue weighted by molar-refractivity contribution is -0.153. The van der Waals surface area contributed by atoms with E-state index < -0.39 is 31.9 Å². The summed E-state index contributed by atoms with van der Waals surface area (Å²) in [5.74, 6) is -0.530. The summed E-state index contributed by atoms with van der Waals surface area (Å²) in [6, 6.07) is 1.32. The van der Waals surface area contributed by atoms with Crippen molar-refractivity contribution in [2.24, 2.45) is 11.3 Å². The monoisotopic (exact) mass is 438 g/mol. The molecule has 1 saturated carbocycles. The fourth-order valence-corrected chi connectivity index (χ4v) is 5.03. The smallest absolute Gasteiger partial charge is 0.330 e. The number of rotatable bonds is 6. The fraction of sp³-hybridized carbons (Fsp3) is 0.762. The van der Waals surface area contributed by atoms with Gasteiger partial charge in [0, 0.05) is 17.7 Å². The quantitative estimate of drug-likeness (QED) is 0.542. The van der Waals surface area contributed by atoms with Crippen LogP contribution in [0.5, 0.6) is 0 Å². The Morgan fingerprint density at radius 1 is 1.33 bits per heavy atom. The highest BCUT2D eigenvalue weighted by atomic mass is 28.4. The second kappa shape index (κ2) is 7.76. The third kappa shape index (κ3) is 4.20. The molecule has 8 nitrogen and oxygen atoms in total. The summed E-state index contributed by atoms with van der Waals surface area (Å²) in [4.78, 5) is 38.4. The highest BCUT2D eigenvalue weighted by molar-refractivity contribution is 6.74. The SMILES string of the molecule is CC(C)C(=O)OC[C@H]1O[C@@H](n2ccc(=O)[nH]c2=O)C2(CC2)[C@@H]1O[Si](C)(C)C(C)(C)C. The predicted octanol–water partition coefficient (Wildman–Crippen LogP) is 2.80. The Labute approximate surface area is 178 Å². The first-order valence-electron chi connectivity index (χ1n) is 10.6. The van der Waals surface area contributed by atoms with Gasteiger partial charge < -0.3 is 13.9 Å².